The molecule has 2 aromatic carbocycles. The van der Waals surface area contributed by atoms with Crippen molar-refractivity contribution >= 4 is 11.6 Å². The van der Waals surface area contributed by atoms with Crippen LogP contribution in [0.5, 0.6) is 11.5 Å². The van der Waals surface area contributed by atoms with Crippen LogP contribution in [0, 0.1) is 11.3 Å². The lowest BCUT2D eigenvalue weighted by molar-refractivity contribution is 0.355. The predicted octanol–water partition coefficient (Wildman–Crippen LogP) is 3.56. The van der Waals surface area contributed by atoms with E-state index in [2.05, 4.69) is 16.3 Å². The van der Waals surface area contributed by atoms with E-state index in [9.17, 15) is 5.26 Å². The van der Waals surface area contributed by atoms with Crippen molar-refractivity contribution in [2.24, 2.45) is 7.05 Å². The molecular formula is C20H18N4O2. The molecule has 3 rings (SSSR count). The Morgan fingerprint density at radius 1 is 1.04 bits per heavy atom. The van der Waals surface area contributed by atoms with Crippen LogP contribution in [-0.4, -0.2) is 29.0 Å². The zero-order chi connectivity index (χ0) is 18.5. The molecule has 0 aliphatic rings. The third-order valence-corrected chi connectivity index (χ3v) is 3.99. The molecule has 1 aromatic heterocycles. The Balaban J connectivity index is 2.01. The van der Waals surface area contributed by atoms with Crippen LogP contribution in [0.25, 0.3) is 23.0 Å². The molecule has 0 atom stereocenters. The van der Waals surface area contributed by atoms with E-state index in [4.69, 9.17) is 9.47 Å². The van der Waals surface area contributed by atoms with Crippen molar-refractivity contribution in [1.82, 2.24) is 14.8 Å². The van der Waals surface area contributed by atoms with Crippen LogP contribution in [0.4, 0.5) is 0 Å². The number of methoxy groups -OCH3 is 2. The van der Waals surface area contributed by atoms with Gasteiger partial charge < -0.3 is 14.0 Å². The van der Waals surface area contributed by atoms with Gasteiger partial charge in [0, 0.05) is 12.6 Å². The standard InChI is InChI=1S/C20H18N4O2/c1-24-19(15-7-5-4-6-8-15)22-23-20(24)16(13-21)11-14-9-10-17(25-2)18(12-14)26-3/h4-12H,1-3H3/b16-11-. The lowest BCUT2D eigenvalue weighted by Crippen LogP contribution is -1.98. The highest BCUT2D eigenvalue weighted by atomic mass is 16.5. The summed E-state index contributed by atoms with van der Waals surface area (Å²) < 4.78 is 12.4. The Kier molecular flexibility index (Phi) is 4.99. The molecule has 0 aliphatic heterocycles. The molecular weight excluding hydrogens is 328 g/mol. The molecule has 6 heteroatoms. The van der Waals surface area contributed by atoms with Crippen LogP contribution in [0.3, 0.4) is 0 Å². The minimum Gasteiger partial charge on any atom is -0.493 e. The second-order valence-electron chi connectivity index (χ2n) is 5.56. The van der Waals surface area contributed by atoms with Gasteiger partial charge in [-0.1, -0.05) is 36.4 Å². The zero-order valence-corrected chi connectivity index (χ0v) is 14.8. The number of rotatable bonds is 5. The summed E-state index contributed by atoms with van der Waals surface area (Å²) in [5.74, 6) is 2.44. The van der Waals surface area contributed by atoms with Gasteiger partial charge >= 0.3 is 0 Å². The molecule has 0 saturated carbocycles. The van der Waals surface area contributed by atoms with Gasteiger partial charge in [-0.2, -0.15) is 5.26 Å². The SMILES string of the molecule is COc1ccc(/C=C(/C#N)c2nnc(-c3ccccc3)n2C)cc1OC. The summed E-state index contributed by atoms with van der Waals surface area (Å²) in [6.45, 7) is 0. The number of aromatic nitrogens is 3. The molecule has 0 amide bonds. The smallest absolute Gasteiger partial charge is 0.174 e. The molecule has 0 bridgehead atoms. The first-order valence-corrected chi connectivity index (χ1v) is 7.97. The van der Waals surface area contributed by atoms with Gasteiger partial charge in [0.25, 0.3) is 0 Å². The van der Waals surface area contributed by atoms with Gasteiger partial charge in [-0.15, -0.1) is 10.2 Å². The lowest BCUT2D eigenvalue weighted by atomic mass is 10.1. The average Bonchev–Trinajstić information content (AvgIpc) is 3.07. The Bertz CT molecular complexity index is 985. The molecule has 0 spiro atoms. The first-order chi connectivity index (χ1) is 12.7. The Morgan fingerprint density at radius 2 is 1.77 bits per heavy atom. The quantitative estimate of drug-likeness (QED) is 0.661. The van der Waals surface area contributed by atoms with Gasteiger partial charge in [0.05, 0.1) is 19.8 Å². The van der Waals surface area contributed by atoms with Crippen molar-refractivity contribution < 1.29 is 9.47 Å². The van der Waals surface area contributed by atoms with Crippen molar-refractivity contribution in [2.75, 3.05) is 14.2 Å². The minimum atomic E-state index is 0.411. The summed E-state index contributed by atoms with van der Waals surface area (Å²) in [4.78, 5) is 0. The van der Waals surface area contributed by atoms with Crippen molar-refractivity contribution in [2.45, 2.75) is 0 Å². The summed E-state index contributed by atoms with van der Waals surface area (Å²) in [7, 11) is 5.00. The largest absolute Gasteiger partial charge is 0.493 e. The summed E-state index contributed by atoms with van der Waals surface area (Å²) in [5, 5.41) is 18.1. The minimum absolute atomic E-state index is 0.411. The summed E-state index contributed by atoms with van der Waals surface area (Å²) in [6, 6.07) is 17.4. The number of allylic oxidation sites excluding steroid dienone is 1. The molecule has 3 aromatic rings. The molecule has 0 radical (unpaired) electrons. The fourth-order valence-electron chi connectivity index (χ4n) is 2.66. The Hall–Kier alpha value is -3.59. The van der Waals surface area contributed by atoms with E-state index in [0.717, 1.165) is 11.1 Å². The molecule has 1 heterocycles. The van der Waals surface area contributed by atoms with Crippen molar-refractivity contribution in [3.63, 3.8) is 0 Å². The van der Waals surface area contributed by atoms with E-state index in [0.29, 0.717) is 28.7 Å². The van der Waals surface area contributed by atoms with E-state index in [1.165, 1.54) is 0 Å². The number of hydrogen-bond acceptors (Lipinski definition) is 5. The third-order valence-electron chi connectivity index (χ3n) is 3.99. The maximum atomic E-state index is 9.62. The maximum absolute atomic E-state index is 9.62. The first kappa shape index (κ1) is 17.2. The van der Waals surface area contributed by atoms with Crippen LogP contribution in [0.15, 0.2) is 48.5 Å². The molecule has 0 fully saturated rings. The van der Waals surface area contributed by atoms with Crippen LogP contribution < -0.4 is 9.47 Å². The summed E-state index contributed by atoms with van der Waals surface area (Å²) >= 11 is 0. The molecule has 0 N–H and O–H groups in total. The highest BCUT2D eigenvalue weighted by molar-refractivity contribution is 5.88. The van der Waals surface area contributed by atoms with Crippen LogP contribution in [-0.2, 0) is 7.05 Å². The van der Waals surface area contributed by atoms with Gasteiger partial charge in [0.1, 0.15) is 6.07 Å². The Morgan fingerprint density at radius 3 is 2.42 bits per heavy atom. The van der Waals surface area contributed by atoms with Gasteiger partial charge in [-0.05, 0) is 23.8 Å². The second-order valence-corrected chi connectivity index (χ2v) is 5.56. The predicted molar refractivity (Wildman–Crippen MR) is 99.5 cm³/mol. The van der Waals surface area contributed by atoms with Gasteiger partial charge in [-0.3, -0.25) is 0 Å². The molecule has 0 saturated heterocycles. The van der Waals surface area contributed by atoms with E-state index >= 15 is 0 Å². The molecule has 130 valence electrons. The molecule has 0 unspecified atom stereocenters. The van der Waals surface area contributed by atoms with Gasteiger partial charge in [-0.25, -0.2) is 0 Å². The highest BCUT2D eigenvalue weighted by Gasteiger charge is 2.14. The van der Waals surface area contributed by atoms with Crippen molar-refractivity contribution in [1.29, 1.82) is 5.26 Å². The first-order valence-electron chi connectivity index (χ1n) is 7.97. The maximum Gasteiger partial charge on any atom is 0.174 e. The van der Waals surface area contributed by atoms with Crippen molar-refractivity contribution in [3.8, 4) is 29.0 Å². The van der Waals surface area contributed by atoms with Crippen molar-refractivity contribution in [3.05, 3.63) is 59.9 Å². The van der Waals surface area contributed by atoms with E-state index in [-0.39, 0.29) is 0 Å². The number of ether oxygens (including phenoxy) is 2. The second kappa shape index (κ2) is 7.53. The summed E-state index contributed by atoms with van der Waals surface area (Å²) in [5.41, 5.74) is 2.16. The lowest BCUT2D eigenvalue weighted by Gasteiger charge is -2.08. The topological polar surface area (TPSA) is 73.0 Å². The van der Waals surface area contributed by atoms with Gasteiger partial charge in [0.15, 0.2) is 23.1 Å². The number of nitrogens with zero attached hydrogens (tertiary/aromatic N) is 4. The molecule has 0 aliphatic carbocycles. The number of benzene rings is 2. The highest BCUT2D eigenvalue weighted by Crippen LogP contribution is 2.29. The fourth-order valence-corrected chi connectivity index (χ4v) is 2.66. The van der Waals surface area contributed by atoms with Crippen LogP contribution in [0.2, 0.25) is 0 Å². The summed E-state index contributed by atoms with van der Waals surface area (Å²) in [6.07, 6.45) is 1.75. The monoisotopic (exact) mass is 346 g/mol. The third kappa shape index (κ3) is 3.28. The molecule has 26 heavy (non-hydrogen) atoms. The number of nitriles is 1. The Labute approximate surface area is 151 Å². The normalized spacial score (nSPS) is 11.1. The van der Waals surface area contributed by atoms with E-state index in [1.54, 1.807) is 26.4 Å². The fraction of sp³-hybridized carbons (Fsp3) is 0.150. The van der Waals surface area contributed by atoms with Gasteiger partial charge in [0.2, 0.25) is 0 Å². The number of hydrogen-bond donors (Lipinski definition) is 0. The molecule has 6 nitrogen and oxygen atoms in total. The van der Waals surface area contributed by atoms with E-state index in [1.807, 2.05) is 54.1 Å². The average molecular weight is 346 g/mol. The van der Waals surface area contributed by atoms with E-state index < -0.39 is 0 Å². The van der Waals surface area contributed by atoms with Crippen LogP contribution in [0.1, 0.15) is 11.4 Å². The van der Waals surface area contributed by atoms with Crippen LogP contribution >= 0.6 is 0 Å². The zero-order valence-electron chi connectivity index (χ0n) is 14.8.